The van der Waals surface area contributed by atoms with E-state index in [1.165, 1.54) is 0 Å². The lowest BCUT2D eigenvalue weighted by molar-refractivity contribution is -0.288. The lowest BCUT2D eigenvalue weighted by Gasteiger charge is -2.43. The summed E-state index contributed by atoms with van der Waals surface area (Å²) in [5, 5.41) is 0. The van der Waals surface area contributed by atoms with E-state index in [2.05, 4.69) is 34.1 Å². The Morgan fingerprint density at radius 1 is 1.10 bits per heavy atom. The van der Waals surface area contributed by atoms with Crippen LogP contribution >= 0.6 is 15.9 Å². The maximum Gasteiger partial charge on any atom is 0.164 e. The Hall–Kier alpha value is -0.900. The summed E-state index contributed by atoms with van der Waals surface area (Å²) in [6, 6.07) is 10.3. The molecule has 1 aromatic carbocycles. The van der Waals surface area contributed by atoms with Gasteiger partial charge in [0.15, 0.2) is 5.79 Å². The molecule has 20 heavy (non-hydrogen) atoms. The molecule has 0 aromatic heterocycles. The first kappa shape index (κ1) is 15.5. The van der Waals surface area contributed by atoms with Gasteiger partial charge in [-0.1, -0.05) is 70.6 Å². The van der Waals surface area contributed by atoms with Gasteiger partial charge in [-0.2, -0.15) is 0 Å². The number of halogens is 1. The van der Waals surface area contributed by atoms with E-state index >= 15 is 0 Å². The first-order valence-corrected chi connectivity index (χ1v) is 7.79. The van der Waals surface area contributed by atoms with Crippen LogP contribution in [-0.4, -0.2) is 16.7 Å². The molecule has 3 atom stereocenters. The third kappa shape index (κ3) is 3.81. The minimum atomic E-state index is -0.601. The summed E-state index contributed by atoms with van der Waals surface area (Å²) in [5.41, 5.74) is 1.16. The summed E-state index contributed by atoms with van der Waals surface area (Å²) in [5.74, 6) is -0.601. The first-order valence-electron chi connectivity index (χ1n) is 6.87. The molecule has 1 fully saturated rings. The molecule has 2 nitrogen and oxygen atoms in total. The van der Waals surface area contributed by atoms with Crippen LogP contribution in [0.2, 0.25) is 0 Å². The molecule has 0 aliphatic carbocycles. The minimum absolute atomic E-state index is 0.0276. The number of hydrogen-bond acceptors (Lipinski definition) is 2. The molecule has 0 N–H and O–H groups in total. The highest BCUT2D eigenvalue weighted by atomic mass is 79.9. The summed E-state index contributed by atoms with van der Waals surface area (Å²) in [4.78, 5) is 0.0828. The van der Waals surface area contributed by atoms with Crippen molar-refractivity contribution in [3.63, 3.8) is 0 Å². The molecule has 3 heteroatoms. The summed E-state index contributed by atoms with van der Waals surface area (Å²) in [6.45, 7) is 5.91. The van der Waals surface area contributed by atoms with E-state index in [-0.39, 0.29) is 17.0 Å². The number of alkyl halides is 1. The SMILES string of the molecule is C/C=C/C=C/[C@@H]1OC(C)(C)O[C@H](c2ccccc2)[C@@H]1Br. The van der Waals surface area contributed by atoms with Gasteiger partial charge in [0.2, 0.25) is 0 Å². The minimum Gasteiger partial charge on any atom is -0.342 e. The Morgan fingerprint density at radius 3 is 2.45 bits per heavy atom. The molecule has 1 saturated heterocycles. The van der Waals surface area contributed by atoms with Crippen molar-refractivity contribution in [1.82, 2.24) is 0 Å². The van der Waals surface area contributed by atoms with Crippen LogP contribution in [0.25, 0.3) is 0 Å². The van der Waals surface area contributed by atoms with Gasteiger partial charge < -0.3 is 9.47 Å². The average molecular weight is 337 g/mol. The van der Waals surface area contributed by atoms with Gasteiger partial charge in [0.25, 0.3) is 0 Å². The molecule has 1 heterocycles. The molecule has 0 bridgehead atoms. The Balaban J connectivity index is 2.24. The maximum absolute atomic E-state index is 6.09. The monoisotopic (exact) mass is 336 g/mol. The fraction of sp³-hybridized carbons (Fsp3) is 0.412. The molecule has 0 amide bonds. The number of rotatable bonds is 3. The molecule has 1 aliphatic heterocycles. The predicted octanol–water partition coefficient (Wildman–Crippen LogP) is 4.78. The molecule has 1 aliphatic rings. The highest BCUT2D eigenvalue weighted by Gasteiger charge is 2.41. The standard InChI is InChI=1S/C17H21BrO2/c1-4-5-7-12-14-15(18)16(20-17(2,3)19-14)13-10-8-6-9-11-13/h4-12,14-16H,1-3H3/b5-4+,12-7+/t14-,15+,16+/m0/s1. The summed E-state index contributed by atoms with van der Waals surface area (Å²) in [6.07, 6.45) is 8.03. The Bertz CT molecular complexity index is 479. The van der Waals surface area contributed by atoms with Crippen LogP contribution in [0.3, 0.4) is 0 Å². The number of hydrogen-bond donors (Lipinski definition) is 0. The van der Waals surface area contributed by atoms with Crippen molar-refractivity contribution in [1.29, 1.82) is 0 Å². The zero-order valence-corrected chi connectivity index (χ0v) is 13.7. The van der Waals surface area contributed by atoms with Gasteiger partial charge in [0, 0.05) is 0 Å². The molecular formula is C17H21BrO2. The third-order valence-electron chi connectivity index (χ3n) is 3.17. The van der Waals surface area contributed by atoms with Crippen molar-refractivity contribution in [2.24, 2.45) is 0 Å². The van der Waals surface area contributed by atoms with Gasteiger partial charge in [-0.05, 0) is 26.3 Å². The van der Waals surface area contributed by atoms with Crippen LogP contribution in [0.4, 0.5) is 0 Å². The molecule has 0 saturated carbocycles. The smallest absolute Gasteiger partial charge is 0.164 e. The second-order valence-electron chi connectivity index (χ2n) is 5.29. The Morgan fingerprint density at radius 2 is 1.80 bits per heavy atom. The zero-order chi connectivity index (χ0) is 14.6. The van der Waals surface area contributed by atoms with Crippen LogP contribution in [0.15, 0.2) is 54.6 Å². The van der Waals surface area contributed by atoms with Gasteiger partial charge in [0.05, 0.1) is 10.9 Å². The van der Waals surface area contributed by atoms with E-state index in [1.54, 1.807) is 0 Å². The summed E-state index contributed by atoms with van der Waals surface area (Å²) in [7, 11) is 0. The highest BCUT2D eigenvalue weighted by molar-refractivity contribution is 9.09. The molecular weight excluding hydrogens is 316 g/mol. The van der Waals surface area contributed by atoms with Gasteiger partial charge in [-0.15, -0.1) is 0 Å². The van der Waals surface area contributed by atoms with Crippen LogP contribution in [0, 0.1) is 0 Å². The third-order valence-corrected chi connectivity index (χ3v) is 4.17. The van der Waals surface area contributed by atoms with Gasteiger partial charge in [0.1, 0.15) is 6.10 Å². The predicted molar refractivity (Wildman–Crippen MR) is 85.9 cm³/mol. The van der Waals surface area contributed by atoms with Crippen LogP contribution in [0.5, 0.6) is 0 Å². The molecule has 0 radical (unpaired) electrons. The summed E-state index contributed by atoms with van der Waals surface area (Å²) < 4.78 is 12.1. The van der Waals surface area contributed by atoms with Gasteiger partial charge in [-0.3, -0.25) is 0 Å². The fourth-order valence-electron chi connectivity index (χ4n) is 2.29. The fourth-order valence-corrected chi connectivity index (χ4v) is 2.99. The van der Waals surface area contributed by atoms with Crippen molar-refractivity contribution >= 4 is 15.9 Å². The largest absolute Gasteiger partial charge is 0.342 e. The lowest BCUT2D eigenvalue weighted by atomic mass is 10.0. The van der Waals surface area contributed by atoms with Crippen molar-refractivity contribution < 1.29 is 9.47 Å². The Labute approximate surface area is 129 Å². The van der Waals surface area contributed by atoms with Crippen LogP contribution < -0.4 is 0 Å². The topological polar surface area (TPSA) is 18.5 Å². The van der Waals surface area contributed by atoms with Crippen molar-refractivity contribution in [3.8, 4) is 0 Å². The van der Waals surface area contributed by atoms with E-state index in [0.29, 0.717) is 0 Å². The lowest BCUT2D eigenvalue weighted by Crippen LogP contribution is -2.47. The average Bonchev–Trinajstić information content (AvgIpc) is 2.43. The molecule has 108 valence electrons. The van der Waals surface area contributed by atoms with Crippen molar-refractivity contribution in [3.05, 3.63) is 60.2 Å². The van der Waals surface area contributed by atoms with E-state index in [0.717, 1.165) is 5.56 Å². The molecule has 2 rings (SSSR count). The molecule has 0 spiro atoms. The number of allylic oxidation sites excluding steroid dienone is 3. The first-order chi connectivity index (χ1) is 9.53. The zero-order valence-electron chi connectivity index (χ0n) is 12.1. The maximum atomic E-state index is 6.09. The molecule has 1 aromatic rings. The van der Waals surface area contributed by atoms with Gasteiger partial charge >= 0.3 is 0 Å². The van der Waals surface area contributed by atoms with Crippen molar-refractivity contribution in [2.75, 3.05) is 0 Å². The van der Waals surface area contributed by atoms with E-state index in [1.807, 2.05) is 57.2 Å². The molecule has 0 unspecified atom stereocenters. The Kier molecular flexibility index (Phi) is 5.19. The highest BCUT2D eigenvalue weighted by Crippen LogP contribution is 2.40. The van der Waals surface area contributed by atoms with E-state index in [4.69, 9.17) is 9.47 Å². The van der Waals surface area contributed by atoms with E-state index in [9.17, 15) is 0 Å². The normalized spacial score (nSPS) is 30.1. The quantitative estimate of drug-likeness (QED) is 0.584. The second-order valence-corrected chi connectivity index (χ2v) is 6.34. The van der Waals surface area contributed by atoms with E-state index < -0.39 is 5.79 Å². The van der Waals surface area contributed by atoms with Crippen molar-refractivity contribution in [2.45, 2.75) is 43.6 Å². The van der Waals surface area contributed by atoms with Crippen LogP contribution in [0.1, 0.15) is 32.4 Å². The van der Waals surface area contributed by atoms with Crippen LogP contribution in [-0.2, 0) is 9.47 Å². The number of benzene rings is 1. The second kappa shape index (κ2) is 6.70. The number of ether oxygens (including phenoxy) is 2. The van der Waals surface area contributed by atoms with Gasteiger partial charge in [-0.25, -0.2) is 0 Å². The summed E-state index contributed by atoms with van der Waals surface area (Å²) >= 11 is 3.74.